The van der Waals surface area contributed by atoms with Crippen molar-refractivity contribution in [3.63, 3.8) is 0 Å². The van der Waals surface area contributed by atoms with Crippen LogP contribution in [0.5, 0.6) is 0 Å². The van der Waals surface area contributed by atoms with Crippen molar-refractivity contribution < 1.29 is 42.7 Å². The molecule has 66 valence electrons. The van der Waals surface area contributed by atoms with Crippen molar-refractivity contribution in [3.8, 4) is 0 Å². The van der Waals surface area contributed by atoms with E-state index >= 15 is 0 Å². The number of halogens is 2. The number of rotatable bonds is 1. The quantitative estimate of drug-likeness (QED) is 0.494. The minimum Gasteiger partial charge on any atom is -0.768 e. The van der Waals surface area contributed by atoms with E-state index in [1.165, 1.54) is 6.07 Å². The van der Waals surface area contributed by atoms with Gasteiger partial charge in [-0.2, -0.15) is 0 Å². The molecule has 0 amide bonds. The molecule has 0 saturated carbocycles. The summed E-state index contributed by atoms with van der Waals surface area (Å²) >= 11 is 0.583. The van der Waals surface area contributed by atoms with Crippen LogP contribution >= 0.6 is 15.9 Å². The summed E-state index contributed by atoms with van der Waals surface area (Å²) < 4.78 is 34.3. The maximum Gasteiger partial charge on any atom is 1.00 e. The van der Waals surface area contributed by atoms with Crippen LogP contribution < -0.4 is 29.6 Å². The molecule has 0 spiro atoms. The Labute approximate surface area is 109 Å². The fourth-order valence-corrected chi connectivity index (χ4v) is 1.57. The van der Waals surface area contributed by atoms with Crippen LogP contribution in [-0.4, -0.2) is 8.76 Å². The molecule has 0 saturated heterocycles. The van der Waals surface area contributed by atoms with Gasteiger partial charge in [0, 0.05) is 4.47 Å². The topological polar surface area (TPSA) is 40.1 Å². The third-order valence-electron chi connectivity index (χ3n) is 1.39. The molecule has 0 aliphatic rings. The molecule has 1 rings (SSSR count). The second-order valence-corrected chi connectivity index (χ2v) is 4.03. The van der Waals surface area contributed by atoms with Gasteiger partial charge in [-0.05, 0) is 35.7 Å². The summed E-state index contributed by atoms with van der Waals surface area (Å²) in [7, 11) is 0. The van der Waals surface area contributed by atoms with E-state index in [1.54, 1.807) is 6.92 Å². The van der Waals surface area contributed by atoms with E-state index in [-0.39, 0.29) is 34.5 Å². The molecule has 0 bridgehead atoms. The summed E-state index contributed by atoms with van der Waals surface area (Å²) in [6.07, 6.45) is 0. The first-order chi connectivity index (χ1) is 5.52. The molecule has 1 unspecified atom stereocenters. The number of hydrogen-bond acceptors (Lipinski definition) is 2. The van der Waals surface area contributed by atoms with Gasteiger partial charge in [0.1, 0.15) is 5.82 Å². The minimum absolute atomic E-state index is 0. The van der Waals surface area contributed by atoms with Gasteiger partial charge >= 0.3 is 29.6 Å². The number of hydrogen-bond donors (Lipinski definition) is 0. The molecule has 13 heavy (non-hydrogen) atoms. The Hall–Kier alpha value is 0.740. The van der Waals surface area contributed by atoms with Crippen molar-refractivity contribution in [2.75, 3.05) is 0 Å². The molecular formula is C7H5BrFNaO2S. The predicted octanol–water partition coefficient (Wildman–Crippen LogP) is -0.861. The van der Waals surface area contributed by atoms with Crippen LogP contribution in [0.4, 0.5) is 4.39 Å². The molecule has 0 aliphatic carbocycles. The molecule has 2 nitrogen and oxygen atoms in total. The molecule has 0 aromatic heterocycles. The zero-order valence-corrected chi connectivity index (χ0v) is 11.5. The molecule has 1 aromatic carbocycles. The fourth-order valence-electron chi connectivity index (χ4n) is 0.758. The zero-order chi connectivity index (χ0) is 9.30. The number of benzene rings is 1. The molecular weight excluding hydrogens is 270 g/mol. The van der Waals surface area contributed by atoms with Crippen LogP contribution in [0, 0.1) is 12.7 Å². The maximum absolute atomic E-state index is 12.9. The van der Waals surface area contributed by atoms with Crippen LogP contribution in [0.15, 0.2) is 21.5 Å². The van der Waals surface area contributed by atoms with Gasteiger partial charge in [0.25, 0.3) is 0 Å². The molecule has 0 N–H and O–H groups in total. The first-order valence-corrected chi connectivity index (χ1v) is 4.94. The van der Waals surface area contributed by atoms with Gasteiger partial charge in [0.15, 0.2) is 0 Å². The third kappa shape index (κ3) is 3.42. The Balaban J connectivity index is 0.00000144. The molecule has 1 aromatic rings. The van der Waals surface area contributed by atoms with E-state index in [2.05, 4.69) is 15.9 Å². The standard InChI is InChI=1S/C7H6BrFO2S.Na/c1-4-2-7(12(10)11)6(9)3-5(4)8;/h2-3H,1H3,(H,10,11);/q;+1/p-1. The Bertz CT molecular complexity index is 346. The summed E-state index contributed by atoms with van der Waals surface area (Å²) in [4.78, 5) is -0.296. The van der Waals surface area contributed by atoms with E-state index in [0.29, 0.717) is 10.0 Å². The van der Waals surface area contributed by atoms with Crippen molar-refractivity contribution in [2.45, 2.75) is 11.8 Å². The second kappa shape index (κ2) is 5.58. The molecule has 0 heterocycles. The Morgan fingerprint density at radius 3 is 2.54 bits per heavy atom. The SMILES string of the molecule is Cc1cc(S(=O)[O-])c(F)cc1Br.[Na+]. The van der Waals surface area contributed by atoms with Crippen molar-refractivity contribution in [3.05, 3.63) is 28.0 Å². The number of aryl methyl sites for hydroxylation is 1. The van der Waals surface area contributed by atoms with Crippen LogP contribution in [0.25, 0.3) is 0 Å². The van der Waals surface area contributed by atoms with Crippen LogP contribution in [0.1, 0.15) is 5.56 Å². The average molecular weight is 275 g/mol. The molecule has 1 atom stereocenters. The Morgan fingerprint density at radius 1 is 1.54 bits per heavy atom. The summed E-state index contributed by atoms with van der Waals surface area (Å²) in [5, 5.41) is 0. The van der Waals surface area contributed by atoms with Crippen molar-refractivity contribution in [1.82, 2.24) is 0 Å². The van der Waals surface area contributed by atoms with Crippen molar-refractivity contribution in [1.29, 1.82) is 0 Å². The van der Waals surface area contributed by atoms with Crippen LogP contribution in [-0.2, 0) is 11.1 Å². The van der Waals surface area contributed by atoms with Crippen molar-refractivity contribution in [2.24, 2.45) is 0 Å². The first kappa shape index (κ1) is 13.7. The van der Waals surface area contributed by atoms with Gasteiger partial charge in [0.2, 0.25) is 0 Å². The maximum atomic E-state index is 12.9. The van der Waals surface area contributed by atoms with E-state index in [9.17, 15) is 13.2 Å². The van der Waals surface area contributed by atoms with Gasteiger partial charge in [-0.3, -0.25) is 4.21 Å². The summed E-state index contributed by atoms with van der Waals surface area (Å²) in [6.45, 7) is 1.69. The molecule has 0 fully saturated rings. The van der Waals surface area contributed by atoms with Gasteiger partial charge in [-0.25, -0.2) is 4.39 Å². The van der Waals surface area contributed by atoms with E-state index in [1.807, 2.05) is 0 Å². The van der Waals surface area contributed by atoms with Gasteiger partial charge < -0.3 is 4.55 Å². The fraction of sp³-hybridized carbons (Fsp3) is 0.143. The average Bonchev–Trinajstić information content (AvgIpc) is 1.96. The van der Waals surface area contributed by atoms with Gasteiger partial charge in [0.05, 0.1) is 4.90 Å². The predicted molar refractivity (Wildman–Crippen MR) is 46.0 cm³/mol. The molecule has 0 radical (unpaired) electrons. The van der Waals surface area contributed by atoms with Gasteiger partial charge in [-0.1, -0.05) is 15.9 Å². The third-order valence-corrected chi connectivity index (χ3v) is 2.92. The van der Waals surface area contributed by atoms with Gasteiger partial charge in [-0.15, -0.1) is 0 Å². The van der Waals surface area contributed by atoms with E-state index < -0.39 is 16.9 Å². The van der Waals surface area contributed by atoms with Crippen molar-refractivity contribution >= 4 is 27.0 Å². The summed E-state index contributed by atoms with van der Waals surface area (Å²) in [5.74, 6) is -0.735. The molecule has 0 aliphatic heterocycles. The second-order valence-electron chi connectivity index (χ2n) is 2.27. The van der Waals surface area contributed by atoms with Crippen LogP contribution in [0.3, 0.4) is 0 Å². The minimum atomic E-state index is -2.50. The molecule has 6 heteroatoms. The normalized spacial score (nSPS) is 12.0. The summed E-state index contributed by atoms with van der Waals surface area (Å²) in [5.41, 5.74) is 0.690. The van der Waals surface area contributed by atoms with Crippen LogP contribution in [0.2, 0.25) is 0 Å². The smallest absolute Gasteiger partial charge is 0.768 e. The largest absolute Gasteiger partial charge is 1.00 e. The Morgan fingerprint density at radius 2 is 2.08 bits per heavy atom. The monoisotopic (exact) mass is 274 g/mol. The first-order valence-electron chi connectivity index (χ1n) is 3.07. The van der Waals surface area contributed by atoms with E-state index in [0.717, 1.165) is 6.07 Å². The van der Waals surface area contributed by atoms with E-state index in [4.69, 9.17) is 0 Å². The summed E-state index contributed by atoms with van der Waals surface area (Å²) in [6, 6.07) is 2.42. The Kier molecular flexibility index (Phi) is 5.90. The zero-order valence-electron chi connectivity index (χ0n) is 7.14.